The van der Waals surface area contributed by atoms with E-state index in [0.717, 1.165) is 13.0 Å². The van der Waals surface area contributed by atoms with Crippen molar-refractivity contribution in [1.29, 1.82) is 0 Å². The van der Waals surface area contributed by atoms with Crippen molar-refractivity contribution in [3.63, 3.8) is 0 Å². The van der Waals surface area contributed by atoms with Gasteiger partial charge in [0, 0.05) is 17.8 Å². The molecule has 0 aliphatic carbocycles. The fraction of sp³-hybridized carbons (Fsp3) is 0.917. The Morgan fingerprint density at radius 1 is 1.35 bits per heavy atom. The fourth-order valence-corrected chi connectivity index (χ4v) is 2.04. The molecule has 0 spiro atoms. The van der Waals surface area contributed by atoms with E-state index in [-0.39, 0.29) is 23.8 Å². The topological polar surface area (TPSA) is 61.4 Å². The Kier molecular flexibility index (Phi) is 9.59. The van der Waals surface area contributed by atoms with E-state index in [1.54, 1.807) is 11.8 Å². The summed E-state index contributed by atoms with van der Waals surface area (Å²) in [5.74, 6) is 0.632. The highest BCUT2D eigenvalue weighted by atomic mass is 32.2. The van der Waals surface area contributed by atoms with Gasteiger partial charge in [0.2, 0.25) is 5.91 Å². The summed E-state index contributed by atoms with van der Waals surface area (Å²) in [4.78, 5) is 11.5. The van der Waals surface area contributed by atoms with Crippen LogP contribution < -0.4 is 10.6 Å². The Morgan fingerprint density at radius 3 is 2.47 bits per heavy atom. The fourth-order valence-electron chi connectivity index (χ4n) is 1.38. The molecule has 0 heterocycles. The van der Waals surface area contributed by atoms with Gasteiger partial charge in [0.25, 0.3) is 0 Å². The number of hydrogen-bond donors (Lipinski definition) is 3. The molecule has 102 valence electrons. The van der Waals surface area contributed by atoms with Gasteiger partial charge in [0.05, 0.1) is 13.2 Å². The normalized spacial score (nSPS) is 14.7. The highest BCUT2D eigenvalue weighted by Crippen LogP contribution is 2.09. The molecule has 2 atom stereocenters. The lowest BCUT2D eigenvalue weighted by atomic mass is 10.1. The number of nitrogens with one attached hydrogen (secondary N) is 2. The number of hydrogen-bond acceptors (Lipinski definition) is 4. The van der Waals surface area contributed by atoms with Gasteiger partial charge in [-0.05, 0) is 25.5 Å². The summed E-state index contributed by atoms with van der Waals surface area (Å²) in [5, 5.41) is 15.2. The standard InChI is InChI=1S/C12H26N2O2S/c1-9(2)5-6-13-12(16)7-14-10(3)11(8-15)17-4/h9-11,14-15H,5-8H2,1-4H3,(H,13,16). The number of carbonyl (C=O) groups excluding carboxylic acids is 1. The van der Waals surface area contributed by atoms with E-state index in [1.165, 1.54) is 0 Å². The van der Waals surface area contributed by atoms with Crippen LogP contribution in [-0.4, -0.2) is 48.3 Å². The number of aliphatic hydroxyl groups is 1. The molecule has 0 saturated heterocycles. The molecule has 17 heavy (non-hydrogen) atoms. The predicted molar refractivity (Wildman–Crippen MR) is 74.3 cm³/mol. The van der Waals surface area contributed by atoms with E-state index in [4.69, 9.17) is 5.11 Å². The second-order valence-electron chi connectivity index (χ2n) is 4.66. The molecular weight excluding hydrogens is 236 g/mol. The Balaban J connectivity index is 3.68. The van der Waals surface area contributed by atoms with Crippen molar-refractivity contribution >= 4 is 17.7 Å². The zero-order valence-corrected chi connectivity index (χ0v) is 12.1. The molecule has 0 rings (SSSR count). The van der Waals surface area contributed by atoms with Crippen LogP contribution in [0.3, 0.4) is 0 Å². The first-order valence-electron chi connectivity index (χ1n) is 6.15. The number of amides is 1. The summed E-state index contributed by atoms with van der Waals surface area (Å²) in [6.45, 7) is 7.44. The average Bonchev–Trinajstić information content (AvgIpc) is 2.27. The first-order chi connectivity index (χ1) is 8.01. The highest BCUT2D eigenvalue weighted by molar-refractivity contribution is 7.99. The SMILES string of the molecule is CSC(CO)C(C)NCC(=O)NCCC(C)C. The van der Waals surface area contributed by atoms with E-state index < -0.39 is 0 Å². The molecule has 0 fully saturated rings. The molecule has 4 nitrogen and oxygen atoms in total. The monoisotopic (exact) mass is 262 g/mol. The summed E-state index contributed by atoms with van der Waals surface area (Å²) in [7, 11) is 0. The highest BCUT2D eigenvalue weighted by Gasteiger charge is 2.15. The van der Waals surface area contributed by atoms with Crippen molar-refractivity contribution in [3.8, 4) is 0 Å². The molecule has 5 heteroatoms. The van der Waals surface area contributed by atoms with Crippen molar-refractivity contribution in [1.82, 2.24) is 10.6 Å². The van der Waals surface area contributed by atoms with E-state index in [2.05, 4.69) is 24.5 Å². The maximum atomic E-state index is 11.5. The van der Waals surface area contributed by atoms with Crippen LogP contribution in [0.4, 0.5) is 0 Å². The third-order valence-corrected chi connectivity index (χ3v) is 3.83. The van der Waals surface area contributed by atoms with Crippen LogP contribution in [0.2, 0.25) is 0 Å². The van der Waals surface area contributed by atoms with Gasteiger partial charge >= 0.3 is 0 Å². The Labute approximate surface area is 109 Å². The second-order valence-corrected chi connectivity index (χ2v) is 5.74. The van der Waals surface area contributed by atoms with Gasteiger partial charge in [-0.2, -0.15) is 11.8 Å². The smallest absolute Gasteiger partial charge is 0.233 e. The Morgan fingerprint density at radius 2 is 2.00 bits per heavy atom. The molecular formula is C12H26N2O2S. The molecule has 0 aromatic rings. The summed E-state index contributed by atoms with van der Waals surface area (Å²) in [6.07, 6.45) is 2.97. The van der Waals surface area contributed by atoms with Gasteiger partial charge in [-0.25, -0.2) is 0 Å². The lowest BCUT2D eigenvalue weighted by molar-refractivity contribution is -0.120. The zero-order chi connectivity index (χ0) is 13.3. The quantitative estimate of drug-likeness (QED) is 0.576. The van der Waals surface area contributed by atoms with Crippen LogP contribution in [0.15, 0.2) is 0 Å². The van der Waals surface area contributed by atoms with Crippen molar-refractivity contribution in [3.05, 3.63) is 0 Å². The first kappa shape index (κ1) is 16.7. The van der Waals surface area contributed by atoms with Gasteiger partial charge in [-0.15, -0.1) is 0 Å². The number of thioether (sulfide) groups is 1. The van der Waals surface area contributed by atoms with Crippen LogP contribution >= 0.6 is 11.8 Å². The van der Waals surface area contributed by atoms with Gasteiger partial charge in [0.15, 0.2) is 0 Å². The molecule has 1 amide bonds. The number of carbonyl (C=O) groups is 1. The van der Waals surface area contributed by atoms with Crippen LogP contribution in [0.25, 0.3) is 0 Å². The second kappa shape index (κ2) is 9.74. The minimum Gasteiger partial charge on any atom is -0.395 e. The van der Waals surface area contributed by atoms with E-state index >= 15 is 0 Å². The largest absolute Gasteiger partial charge is 0.395 e. The van der Waals surface area contributed by atoms with E-state index in [1.807, 2.05) is 13.2 Å². The minimum absolute atomic E-state index is 0.0234. The molecule has 2 unspecified atom stereocenters. The minimum atomic E-state index is 0.0234. The molecule has 3 N–H and O–H groups in total. The summed E-state index contributed by atoms with van der Waals surface area (Å²) >= 11 is 1.61. The molecule has 0 aliphatic heterocycles. The Hall–Kier alpha value is -0.260. The lowest BCUT2D eigenvalue weighted by Gasteiger charge is -2.21. The van der Waals surface area contributed by atoms with Gasteiger partial charge in [0.1, 0.15) is 0 Å². The summed E-state index contributed by atoms with van der Waals surface area (Å²) in [6, 6.07) is 0.130. The molecule has 0 bridgehead atoms. The zero-order valence-electron chi connectivity index (χ0n) is 11.3. The van der Waals surface area contributed by atoms with Crippen molar-refractivity contribution in [2.45, 2.75) is 38.5 Å². The third kappa shape index (κ3) is 8.46. The van der Waals surface area contributed by atoms with Crippen LogP contribution in [0, 0.1) is 5.92 Å². The van der Waals surface area contributed by atoms with Crippen LogP contribution in [0.5, 0.6) is 0 Å². The summed E-state index contributed by atoms with van der Waals surface area (Å²) in [5.41, 5.74) is 0. The predicted octanol–water partition coefficient (Wildman–Crippen LogP) is 0.851. The van der Waals surface area contributed by atoms with Gasteiger partial charge in [-0.3, -0.25) is 4.79 Å². The van der Waals surface area contributed by atoms with Crippen LogP contribution in [0.1, 0.15) is 27.2 Å². The van der Waals surface area contributed by atoms with Crippen LogP contribution in [-0.2, 0) is 4.79 Å². The number of rotatable bonds is 9. The van der Waals surface area contributed by atoms with Gasteiger partial charge < -0.3 is 15.7 Å². The number of aliphatic hydroxyl groups excluding tert-OH is 1. The van der Waals surface area contributed by atoms with E-state index in [9.17, 15) is 4.79 Å². The first-order valence-corrected chi connectivity index (χ1v) is 7.43. The molecule has 0 aliphatic rings. The summed E-state index contributed by atoms with van der Waals surface area (Å²) < 4.78 is 0. The maximum Gasteiger partial charge on any atom is 0.233 e. The van der Waals surface area contributed by atoms with Crippen molar-refractivity contribution < 1.29 is 9.90 Å². The maximum absolute atomic E-state index is 11.5. The molecule has 0 aromatic heterocycles. The Bertz CT molecular complexity index is 209. The third-order valence-electron chi connectivity index (χ3n) is 2.67. The van der Waals surface area contributed by atoms with Crippen molar-refractivity contribution in [2.24, 2.45) is 5.92 Å². The molecule has 0 radical (unpaired) electrons. The molecule has 0 aromatic carbocycles. The van der Waals surface area contributed by atoms with Gasteiger partial charge in [-0.1, -0.05) is 13.8 Å². The van der Waals surface area contributed by atoms with Crippen molar-refractivity contribution in [2.75, 3.05) is 26.0 Å². The average molecular weight is 262 g/mol. The lowest BCUT2D eigenvalue weighted by Crippen LogP contribution is -2.43. The van der Waals surface area contributed by atoms with E-state index in [0.29, 0.717) is 12.5 Å². The molecule has 0 saturated carbocycles.